The van der Waals surface area contributed by atoms with Gasteiger partial charge in [-0.2, -0.15) is 0 Å². The summed E-state index contributed by atoms with van der Waals surface area (Å²) in [5, 5.41) is 33.0. The molecule has 1 aliphatic carbocycles. The minimum absolute atomic E-state index is 0.179. The van der Waals surface area contributed by atoms with E-state index in [1.807, 2.05) is 44.2 Å². The van der Waals surface area contributed by atoms with Crippen LogP contribution in [0, 0.1) is 11.8 Å². The molecule has 4 rings (SSSR count). The SMILES string of the molecule is C/C(=C\C=C\CCOC(=O)N1CCCC1)[C@@H]1OC(=O)C[C@H](O)CC[C@@](C)(O)[C@@H](C2CN(C3CCCCCC3)CCN2C(=O)O)/C=C\[C@@H]1C. The quantitative estimate of drug-likeness (QED) is 0.105. The number of allylic oxidation sites excluding steroid dienone is 2. The number of aliphatic hydroxyl groups is 2. The summed E-state index contributed by atoms with van der Waals surface area (Å²) in [7, 11) is 0. The number of rotatable bonds is 7. The molecule has 3 fully saturated rings. The van der Waals surface area contributed by atoms with Crippen molar-refractivity contribution in [3.8, 4) is 0 Å². The first-order valence-electron chi connectivity index (χ1n) is 18.2. The van der Waals surface area contributed by atoms with Gasteiger partial charge in [0.15, 0.2) is 0 Å². The minimum atomic E-state index is -1.33. The molecule has 6 atom stereocenters. The average Bonchev–Trinajstić information content (AvgIpc) is 3.46. The van der Waals surface area contributed by atoms with Gasteiger partial charge in [0.1, 0.15) is 6.10 Å². The van der Waals surface area contributed by atoms with Crippen molar-refractivity contribution in [1.29, 1.82) is 0 Å². The molecule has 2 amide bonds. The lowest BCUT2D eigenvalue weighted by Crippen LogP contribution is -2.62. The Hall–Kier alpha value is -2.89. The number of carboxylic acid groups (broad SMARTS) is 1. The Kier molecular flexibility index (Phi) is 14.4. The molecule has 0 aromatic rings. The van der Waals surface area contributed by atoms with E-state index in [9.17, 15) is 29.7 Å². The van der Waals surface area contributed by atoms with Gasteiger partial charge in [-0.3, -0.25) is 9.69 Å². The predicted molar refractivity (Wildman–Crippen MR) is 183 cm³/mol. The molecule has 11 heteroatoms. The molecule has 1 unspecified atom stereocenters. The standard InChI is InChI=1S/C37H59N3O8/c1-27(13-7-6-12-24-47-36(45)38-20-10-11-21-38)34-28(2)16-17-31(37(3,46)19-18-30(41)25-33(42)48-34)32-26-39(22-23-40(32)35(43)44)29-14-8-4-5-9-15-29/h6-7,13,16-17,28-32,34,41,46H,4-5,8-12,14-15,18-26H2,1-3H3,(H,43,44)/b7-6+,17-16-,27-13+/t28-,30+,31+,32?,34-,37+/m0/s1. The molecule has 3 N–H and O–H groups in total. The van der Waals surface area contributed by atoms with E-state index >= 15 is 0 Å². The number of amides is 2. The Labute approximate surface area is 286 Å². The average molecular weight is 674 g/mol. The number of hydrogen-bond donors (Lipinski definition) is 3. The zero-order valence-corrected chi connectivity index (χ0v) is 29.3. The number of likely N-dealkylation sites (tertiary alicyclic amines) is 1. The highest BCUT2D eigenvalue weighted by Crippen LogP contribution is 2.35. The van der Waals surface area contributed by atoms with Gasteiger partial charge >= 0.3 is 18.2 Å². The van der Waals surface area contributed by atoms with Crippen LogP contribution < -0.4 is 0 Å². The van der Waals surface area contributed by atoms with E-state index < -0.39 is 41.8 Å². The number of carbonyl (C=O) groups is 3. The summed E-state index contributed by atoms with van der Waals surface area (Å²) >= 11 is 0. The molecule has 0 radical (unpaired) electrons. The van der Waals surface area contributed by atoms with Gasteiger partial charge in [0.25, 0.3) is 0 Å². The second-order valence-corrected chi connectivity index (χ2v) is 14.6. The third kappa shape index (κ3) is 10.8. The number of carbonyl (C=O) groups excluding carboxylic acids is 2. The predicted octanol–water partition coefficient (Wildman–Crippen LogP) is 5.51. The largest absolute Gasteiger partial charge is 0.465 e. The van der Waals surface area contributed by atoms with Gasteiger partial charge in [0.05, 0.1) is 30.8 Å². The van der Waals surface area contributed by atoms with Crippen molar-refractivity contribution in [2.75, 3.05) is 39.3 Å². The summed E-state index contributed by atoms with van der Waals surface area (Å²) in [4.78, 5) is 43.2. The maximum absolute atomic E-state index is 12.9. The fraction of sp³-hybridized carbons (Fsp3) is 0.757. The number of cyclic esters (lactones) is 1. The molecule has 48 heavy (non-hydrogen) atoms. The lowest BCUT2D eigenvalue weighted by atomic mass is 9.77. The summed E-state index contributed by atoms with van der Waals surface area (Å²) in [6, 6.07) is -0.0631. The van der Waals surface area contributed by atoms with Crippen LogP contribution in [-0.4, -0.2) is 117 Å². The highest BCUT2D eigenvalue weighted by atomic mass is 16.6. The molecule has 2 saturated heterocycles. The molecule has 0 aromatic carbocycles. The Morgan fingerprint density at radius 3 is 2.44 bits per heavy atom. The van der Waals surface area contributed by atoms with Crippen molar-refractivity contribution >= 4 is 18.2 Å². The molecule has 4 aliphatic rings. The van der Waals surface area contributed by atoms with Crippen LogP contribution in [0.15, 0.2) is 36.0 Å². The summed E-state index contributed by atoms with van der Waals surface area (Å²) in [6.07, 6.45) is 16.4. The van der Waals surface area contributed by atoms with Crippen LogP contribution in [0.1, 0.15) is 97.8 Å². The molecule has 0 aromatic heterocycles. The molecule has 3 aliphatic heterocycles. The van der Waals surface area contributed by atoms with Crippen LogP contribution in [-0.2, 0) is 14.3 Å². The lowest BCUT2D eigenvalue weighted by molar-refractivity contribution is -0.151. The van der Waals surface area contributed by atoms with Crippen LogP contribution in [0.5, 0.6) is 0 Å². The van der Waals surface area contributed by atoms with Crippen molar-refractivity contribution in [1.82, 2.24) is 14.7 Å². The summed E-state index contributed by atoms with van der Waals surface area (Å²) < 4.78 is 11.3. The van der Waals surface area contributed by atoms with E-state index in [1.165, 1.54) is 30.6 Å². The molecular formula is C37H59N3O8. The van der Waals surface area contributed by atoms with Crippen LogP contribution in [0.25, 0.3) is 0 Å². The minimum Gasteiger partial charge on any atom is -0.465 e. The fourth-order valence-electron chi connectivity index (χ4n) is 7.82. The molecule has 270 valence electrons. The molecule has 0 spiro atoms. The van der Waals surface area contributed by atoms with E-state index in [0.717, 1.165) is 44.3 Å². The first-order chi connectivity index (χ1) is 23.0. The normalized spacial score (nSPS) is 33.1. The smallest absolute Gasteiger partial charge is 0.409 e. The van der Waals surface area contributed by atoms with Crippen molar-refractivity contribution in [3.63, 3.8) is 0 Å². The summed E-state index contributed by atoms with van der Waals surface area (Å²) in [6.45, 7) is 8.91. The Morgan fingerprint density at radius 2 is 1.75 bits per heavy atom. The zero-order valence-electron chi connectivity index (χ0n) is 29.3. The van der Waals surface area contributed by atoms with Gasteiger partial charge in [-0.05, 0) is 64.4 Å². The molecule has 11 nitrogen and oxygen atoms in total. The van der Waals surface area contributed by atoms with E-state index in [1.54, 1.807) is 11.8 Å². The van der Waals surface area contributed by atoms with Crippen molar-refractivity contribution in [2.24, 2.45) is 11.8 Å². The summed E-state index contributed by atoms with van der Waals surface area (Å²) in [5.41, 5.74) is -0.531. The Balaban J connectivity index is 1.52. The van der Waals surface area contributed by atoms with E-state index in [4.69, 9.17) is 9.47 Å². The van der Waals surface area contributed by atoms with Gasteiger partial charge in [-0.1, -0.05) is 63.0 Å². The maximum atomic E-state index is 12.9. The van der Waals surface area contributed by atoms with Gasteiger partial charge in [-0.15, -0.1) is 0 Å². The van der Waals surface area contributed by atoms with Crippen molar-refractivity contribution in [3.05, 3.63) is 36.0 Å². The monoisotopic (exact) mass is 673 g/mol. The topological polar surface area (TPSA) is 140 Å². The Morgan fingerprint density at radius 1 is 1.04 bits per heavy atom. The highest BCUT2D eigenvalue weighted by molar-refractivity contribution is 5.70. The van der Waals surface area contributed by atoms with Crippen molar-refractivity contribution < 1.29 is 39.2 Å². The number of aliphatic hydroxyl groups excluding tert-OH is 1. The Bertz CT molecular complexity index is 1160. The van der Waals surface area contributed by atoms with Crippen LogP contribution in [0.3, 0.4) is 0 Å². The van der Waals surface area contributed by atoms with Gasteiger partial charge in [-0.25, -0.2) is 9.59 Å². The van der Waals surface area contributed by atoms with E-state index in [0.29, 0.717) is 32.1 Å². The second kappa shape index (κ2) is 18.2. The number of esters is 1. The number of nitrogens with zero attached hydrogens (tertiary/aromatic N) is 3. The first-order valence-corrected chi connectivity index (χ1v) is 18.2. The van der Waals surface area contributed by atoms with E-state index in [-0.39, 0.29) is 37.9 Å². The third-order valence-corrected chi connectivity index (χ3v) is 10.7. The van der Waals surface area contributed by atoms with Crippen molar-refractivity contribution in [2.45, 2.75) is 128 Å². The van der Waals surface area contributed by atoms with Gasteiger partial charge in [0, 0.05) is 50.6 Å². The first kappa shape index (κ1) is 37.9. The molecule has 3 heterocycles. The number of ether oxygens (including phenoxy) is 2. The van der Waals surface area contributed by atoms with Crippen LogP contribution in [0.2, 0.25) is 0 Å². The van der Waals surface area contributed by atoms with Crippen LogP contribution in [0.4, 0.5) is 9.59 Å². The fourth-order valence-corrected chi connectivity index (χ4v) is 7.82. The number of hydrogen-bond acceptors (Lipinski definition) is 8. The highest BCUT2D eigenvalue weighted by Gasteiger charge is 2.44. The second-order valence-electron chi connectivity index (χ2n) is 14.6. The maximum Gasteiger partial charge on any atom is 0.409 e. The third-order valence-electron chi connectivity index (χ3n) is 10.7. The summed E-state index contributed by atoms with van der Waals surface area (Å²) in [5.74, 6) is -1.35. The molecule has 1 saturated carbocycles. The van der Waals surface area contributed by atoms with Gasteiger partial charge in [0.2, 0.25) is 0 Å². The lowest BCUT2D eigenvalue weighted by Gasteiger charge is -2.48. The number of piperazine rings is 1. The van der Waals surface area contributed by atoms with E-state index in [2.05, 4.69) is 4.90 Å². The zero-order chi connectivity index (χ0) is 34.7. The molecule has 0 bridgehead atoms. The molecular weight excluding hydrogens is 614 g/mol. The van der Waals surface area contributed by atoms with Crippen LogP contribution >= 0.6 is 0 Å². The van der Waals surface area contributed by atoms with Gasteiger partial charge < -0.3 is 34.6 Å².